The van der Waals surface area contributed by atoms with Gasteiger partial charge in [-0.3, -0.25) is 19.7 Å². The van der Waals surface area contributed by atoms with Gasteiger partial charge in [0.15, 0.2) is 0 Å². The summed E-state index contributed by atoms with van der Waals surface area (Å²) in [5, 5.41) is 5.72. The van der Waals surface area contributed by atoms with Crippen molar-refractivity contribution in [3.63, 3.8) is 0 Å². The Bertz CT molecular complexity index is 983. The first-order chi connectivity index (χ1) is 13.1. The van der Waals surface area contributed by atoms with Gasteiger partial charge in [-0.2, -0.15) is 0 Å². The highest BCUT2D eigenvalue weighted by molar-refractivity contribution is 8.18. The number of furan rings is 1. The molecule has 27 heavy (non-hydrogen) atoms. The fourth-order valence-electron chi connectivity index (χ4n) is 3.34. The van der Waals surface area contributed by atoms with Gasteiger partial charge in [0.2, 0.25) is 5.91 Å². The van der Waals surface area contributed by atoms with Crippen LogP contribution in [-0.4, -0.2) is 23.1 Å². The quantitative estimate of drug-likeness (QED) is 0.785. The molecule has 0 radical (unpaired) electrons. The van der Waals surface area contributed by atoms with Crippen molar-refractivity contribution in [3.05, 3.63) is 46.6 Å². The number of thioether (sulfide) groups is 1. The van der Waals surface area contributed by atoms with E-state index in [-0.39, 0.29) is 23.1 Å². The fourth-order valence-corrected chi connectivity index (χ4v) is 4.02. The van der Waals surface area contributed by atoms with Crippen molar-refractivity contribution in [3.8, 4) is 0 Å². The van der Waals surface area contributed by atoms with Crippen LogP contribution in [0.1, 0.15) is 36.8 Å². The molecule has 0 unspecified atom stereocenters. The molecule has 2 aromatic rings. The van der Waals surface area contributed by atoms with E-state index in [1.54, 1.807) is 24.5 Å². The van der Waals surface area contributed by atoms with Gasteiger partial charge in [0.25, 0.3) is 11.1 Å². The average molecular weight is 382 g/mol. The molecule has 2 aliphatic rings. The van der Waals surface area contributed by atoms with E-state index < -0.39 is 0 Å². The molecule has 0 spiro atoms. The lowest BCUT2D eigenvalue weighted by Crippen LogP contribution is -2.30. The Morgan fingerprint density at radius 3 is 2.81 bits per heavy atom. The molecule has 2 fully saturated rings. The van der Waals surface area contributed by atoms with Crippen LogP contribution in [0, 0.1) is 0 Å². The van der Waals surface area contributed by atoms with E-state index in [0.717, 1.165) is 41.1 Å². The lowest BCUT2D eigenvalue weighted by Gasteiger charge is -2.08. The van der Waals surface area contributed by atoms with Crippen LogP contribution >= 0.6 is 11.8 Å². The first-order valence-corrected chi connectivity index (χ1v) is 9.65. The molecule has 4 rings (SSSR count). The van der Waals surface area contributed by atoms with Crippen LogP contribution < -0.4 is 10.6 Å². The summed E-state index contributed by atoms with van der Waals surface area (Å²) in [6.07, 6.45) is 10.9. The highest BCUT2D eigenvalue weighted by atomic mass is 32.2. The second kappa shape index (κ2) is 7.44. The number of carbonyl (C=O) groups excluding carboxylic acids is 3. The van der Waals surface area contributed by atoms with Crippen LogP contribution in [0.5, 0.6) is 0 Å². The second-order valence-electron chi connectivity index (χ2n) is 6.62. The van der Waals surface area contributed by atoms with Gasteiger partial charge in [-0.1, -0.05) is 18.9 Å². The van der Waals surface area contributed by atoms with Crippen molar-refractivity contribution < 1.29 is 18.8 Å². The molecule has 1 aromatic carbocycles. The van der Waals surface area contributed by atoms with Crippen LogP contribution in [0.25, 0.3) is 23.1 Å². The molecule has 1 saturated carbocycles. The van der Waals surface area contributed by atoms with E-state index in [1.165, 1.54) is 18.9 Å². The maximum absolute atomic E-state index is 12.1. The molecule has 0 bridgehead atoms. The van der Waals surface area contributed by atoms with E-state index in [2.05, 4.69) is 10.6 Å². The highest BCUT2D eigenvalue weighted by Gasteiger charge is 2.25. The lowest BCUT2D eigenvalue weighted by atomic mass is 10.1. The molecule has 3 amide bonds. The number of benzene rings is 1. The predicted octanol–water partition coefficient (Wildman–Crippen LogP) is 3.83. The summed E-state index contributed by atoms with van der Waals surface area (Å²) in [4.78, 5) is 35.4. The maximum Gasteiger partial charge on any atom is 0.290 e. The topological polar surface area (TPSA) is 88.4 Å². The minimum Gasteiger partial charge on any atom is -0.464 e. The Morgan fingerprint density at radius 1 is 1.26 bits per heavy atom. The van der Waals surface area contributed by atoms with Gasteiger partial charge in [0, 0.05) is 23.1 Å². The summed E-state index contributed by atoms with van der Waals surface area (Å²) in [6, 6.07) is 5.77. The van der Waals surface area contributed by atoms with Gasteiger partial charge < -0.3 is 9.73 Å². The van der Waals surface area contributed by atoms with Crippen LogP contribution in [0.4, 0.5) is 4.79 Å². The van der Waals surface area contributed by atoms with Crippen LogP contribution in [0.15, 0.2) is 39.9 Å². The summed E-state index contributed by atoms with van der Waals surface area (Å²) in [6.45, 7) is 0. The Hall–Kier alpha value is -2.80. The van der Waals surface area contributed by atoms with Crippen molar-refractivity contribution in [1.82, 2.24) is 10.6 Å². The summed E-state index contributed by atoms with van der Waals surface area (Å²) in [7, 11) is 0. The van der Waals surface area contributed by atoms with Crippen molar-refractivity contribution in [2.75, 3.05) is 0 Å². The molecule has 138 valence electrons. The molecule has 1 saturated heterocycles. The summed E-state index contributed by atoms with van der Waals surface area (Å²) in [5.41, 5.74) is 2.25. The summed E-state index contributed by atoms with van der Waals surface area (Å²) < 4.78 is 5.54. The molecule has 7 heteroatoms. The van der Waals surface area contributed by atoms with Gasteiger partial charge in [0.1, 0.15) is 5.58 Å². The molecule has 1 aromatic heterocycles. The van der Waals surface area contributed by atoms with E-state index in [0.29, 0.717) is 10.5 Å². The number of hydrogen-bond acceptors (Lipinski definition) is 5. The van der Waals surface area contributed by atoms with Crippen molar-refractivity contribution in [1.29, 1.82) is 0 Å². The second-order valence-corrected chi connectivity index (χ2v) is 7.64. The number of fused-ring (bicyclic) bond motifs is 1. The number of hydrogen-bond donors (Lipinski definition) is 2. The van der Waals surface area contributed by atoms with Crippen LogP contribution in [0.3, 0.4) is 0 Å². The Morgan fingerprint density at radius 2 is 2.07 bits per heavy atom. The van der Waals surface area contributed by atoms with Crippen molar-refractivity contribution in [2.24, 2.45) is 0 Å². The number of carbonyl (C=O) groups is 3. The Balaban J connectivity index is 1.54. The molecular formula is C20H18N2O4S. The monoisotopic (exact) mass is 382 g/mol. The number of imide groups is 1. The number of amides is 3. The van der Waals surface area contributed by atoms with Crippen molar-refractivity contribution >= 4 is 51.9 Å². The smallest absolute Gasteiger partial charge is 0.290 e. The average Bonchev–Trinajstić information content (AvgIpc) is 3.35. The van der Waals surface area contributed by atoms with E-state index in [4.69, 9.17) is 4.42 Å². The zero-order chi connectivity index (χ0) is 18.8. The summed E-state index contributed by atoms with van der Waals surface area (Å²) >= 11 is 0.880. The molecule has 2 heterocycles. The van der Waals surface area contributed by atoms with Gasteiger partial charge in [-0.05, 0) is 54.5 Å². The predicted molar refractivity (Wildman–Crippen MR) is 105 cm³/mol. The van der Waals surface area contributed by atoms with E-state index in [9.17, 15) is 14.4 Å². The fraction of sp³-hybridized carbons (Fsp3) is 0.250. The maximum atomic E-state index is 12.1. The third kappa shape index (κ3) is 3.98. The standard InChI is InChI=1S/C20H18N2O4S/c23-18(21-14-3-1-2-4-14)8-6-13-11-26-16-7-5-12(9-15(13)16)10-17-19(24)22-20(25)27-17/h5-11,14H,1-4H2,(H,21,23)(H,22,24,25)/b8-6-,17-10-. The van der Waals surface area contributed by atoms with E-state index in [1.807, 2.05) is 12.1 Å². The molecular weight excluding hydrogens is 364 g/mol. The molecule has 0 atom stereocenters. The molecule has 1 aliphatic carbocycles. The highest BCUT2D eigenvalue weighted by Crippen LogP contribution is 2.28. The van der Waals surface area contributed by atoms with Gasteiger partial charge >= 0.3 is 0 Å². The third-order valence-electron chi connectivity index (χ3n) is 4.68. The largest absolute Gasteiger partial charge is 0.464 e. The molecule has 2 N–H and O–H groups in total. The zero-order valence-corrected chi connectivity index (χ0v) is 15.3. The summed E-state index contributed by atoms with van der Waals surface area (Å²) in [5.74, 6) is -0.493. The van der Waals surface area contributed by atoms with Crippen molar-refractivity contribution in [2.45, 2.75) is 31.7 Å². The third-order valence-corrected chi connectivity index (χ3v) is 5.49. The lowest BCUT2D eigenvalue weighted by molar-refractivity contribution is -0.117. The normalized spacial score (nSPS) is 19.5. The minimum absolute atomic E-state index is 0.105. The zero-order valence-electron chi connectivity index (χ0n) is 14.5. The molecule has 1 aliphatic heterocycles. The number of nitrogens with one attached hydrogen (secondary N) is 2. The van der Waals surface area contributed by atoms with Crippen LogP contribution in [-0.2, 0) is 9.59 Å². The SMILES string of the molecule is O=C(/C=C\c1coc2ccc(/C=C3\SC(=O)NC3=O)cc12)NC1CCCC1. The minimum atomic E-state index is -0.388. The van der Waals surface area contributed by atoms with Gasteiger partial charge in [0.05, 0.1) is 11.2 Å². The first-order valence-electron chi connectivity index (χ1n) is 8.83. The van der Waals surface area contributed by atoms with Gasteiger partial charge in [-0.15, -0.1) is 0 Å². The Labute approximate surface area is 160 Å². The molecule has 6 nitrogen and oxygen atoms in total. The van der Waals surface area contributed by atoms with E-state index >= 15 is 0 Å². The first kappa shape index (κ1) is 17.6. The number of rotatable bonds is 4. The Kier molecular flexibility index (Phi) is 4.85. The van der Waals surface area contributed by atoms with Crippen LogP contribution in [0.2, 0.25) is 0 Å². The van der Waals surface area contributed by atoms with Gasteiger partial charge in [-0.25, -0.2) is 0 Å².